The molecule has 0 saturated heterocycles. The van der Waals surface area contributed by atoms with Crippen LogP contribution >= 0.6 is 0 Å². The number of ketones is 1. The van der Waals surface area contributed by atoms with Crippen molar-refractivity contribution in [1.29, 1.82) is 0 Å². The van der Waals surface area contributed by atoms with Gasteiger partial charge >= 0.3 is 0 Å². The van der Waals surface area contributed by atoms with Crippen molar-refractivity contribution in [3.63, 3.8) is 0 Å². The van der Waals surface area contributed by atoms with Crippen LogP contribution in [0.4, 0.5) is 0 Å². The molecule has 0 fully saturated rings. The van der Waals surface area contributed by atoms with Crippen molar-refractivity contribution in [2.24, 2.45) is 5.73 Å². The second-order valence-electron chi connectivity index (χ2n) is 5.43. The van der Waals surface area contributed by atoms with Gasteiger partial charge in [-0.05, 0) is 22.6 Å². The van der Waals surface area contributed by atoms with Crippen LogP contribution in [0.15, 0.2) is 54.6 Å². The van der Waals surface area contributed by atoms with Crippen LogP contribution < -0.4 is 5.73 Å². The zero-order chi connectivity index (χ0) is 14.5. The predicted octanol–water partition coefficient (Wildman–Crippen LogP) is 3.62. The second kappa shape index (κ2) is 6.49. The van der Waals surface area contributed by atoms with Crippen molar-refractivity contribution in [2.75, 3.05) is 0 Å². The molecule has 0 spiro atoms. The number of carbonyl (C=O) groups excluding carboxylic acids is 1. The summed E-state index contributed by atoms with van der Waals surface area (Å²) in [6, 6.07) is 17.2. The lowest BCUT2D eigenvalue weighted by atomic mass is 9.96. The van der Waals surface area contributed by atoms with Crippen molar-refractivity contribution >= 4 is 5.78 Å². The third kappa shape index (κ3) is 3.55. The molecule has 104 valence electrons. The van der Waals surface area contributed by atoms with Crippen LogP contribution in [0.25, 0.3) is 0 Å². The quantitative estimate of drug-likeness (QED) is 0.899. The van der Waals surface area contributed by atoms with Crippen molar-refractivity contribution < 1.29 is 4.79 Å². The second-order valence-corrected chi connectivity index (χ2v) is 5.43. The van der Waals surface area contributed by atoms with E-state index in [4.69, 9.17) is 5.73 Å². The van der Waals surface area contributed by atoms with E-state index in [1.54, 1.807) is 0 Å². The van der Waals surface area contributed by atoms with Gasteiger partial charge in [0.2, 0.25) is 0 Å². The van der Waals surface area contributed by atoms with E-state index < -0.39 is 6.04 Å². The Bertz CT molecular complexity index is 558. The highest BCUT2D eigenvalue weighted by Crippen LogP contribution is 2.17. The first-order chi connectivity index (χ1) is 9.58. The summed E-state index contributed by atoms with van der Waals surface area (Å²) in [5.74, 6) is 0.555. The summed E-state index contributed by atoms with van der Waals surface area (Å²) in [6.07, 6.45) is 0.383. The van der Waals surface area contributed by atoms with E-state index in [1.807, 2.05) is 42.5 Å². The van der Waals surface area contributed by atoms with Crippen LogP contribution in [-0.4, -0.2) is 5.78 Å². The van der Waals surface area contributed by atoms with Crippen LogP contribution in [0.3, 0.4) is 0 Å². The summed E-state index contributed by atoms with van der Waals surface area (Å²) in [5.41, 5.74) is 9.19. The van der Waals surface area contributed by atoms with Crippen LogP contribution in [0.1, 0.15) is 42.5 Å². The van der Waals surface area contributed by atoms with E-state index in [9.17, 15) is 4.79 Å². The molecule has 0 amide bonds. The molecule has 2 heteroatoms. The number of hydrogen-bond donors (Lipinski definition) is 1. The van der Waals surface area contributed by atoms with Gasteiger partial charge in [0.1, 0.15) is 0 Å². The van der Waals surface area contributed by atoms with Gasteiger partial charge < -0.3 is 5.73 Å². The van der Waals surface area contributed by atoms with Gasteiger partial charge in [-0.3, -0.25) is 4.79 Å². The molecule has 0 heterocycles. The highest BCUT2D eigenvalue weighted by atomic mass is 16.1. The maximum Gasteiger partial charge on any atom is 0.158 e. The molecule has 0 aliphatic rings. The fraction of sp³-hybridized carbons (Fsp3) is 0.278. The van der Waals surface area contributed by atoms with Gasteiger partial charge in [0.05, 0.1) is 6.04 Å². The first-order valence-electron chi connectivity index (χ1n) is 7.00. The lowest BCUT2D eigenvalue weighted by Crippen LogP contribution is -2.23. The first kappa shape index (κ1) is 14.5. The zero-order valence-electron chi connectivity index (χ0n) is 12.0. The third-order valence-corrected chi connectivity index (χ3v) is 3.53. The average Bonchev–Trinajstić information content (AvgIpc) is 2.48. The Morgan fingerprint density at radius 2 is 1.55 bits per heavy atom. The Hall–Kier alpha value is -1.93. The molecule has 0 aromatic heterocycles. The molecule has 1 atom stereocenters. The molecular formula is C18H21NO. The van der Waals surface area contributed by atoms with E-state index in [2.05, 4.69) is 26.0 Å². The monoisotopic (exact) mass is 267 g/mol. The molecule has 0 saturated carbocycles. The molecular weight excluding hydrogens is 246 g/mol. The normalized spacial score (nSPS) is 12.4. The minimum atomic E-state index is -0.541. The number of nitrogens with two attached hydrogens (primary N) is 1. The van der Waals surface area contributed by atoms with Gasteiger partial charge in [-0.15, -0.1) is 0 Å². The van der Waals surface area contributed by atoms with E-state index in [-0.39, 0.29) is 5.78 Å². The number of carbonyl (C=O) groups is 1. The molecule has 2 aromatic carbocycles. The van der Waals surface area contributed by atoms with Gasteiger partial charge in [0, 0.05) is 6.42 Å². The van der Waals surface area contributed by atoms with E-state index in [0.29, 0.717) is 12.3 Å². The number of rotatable bonds is 5. The molecule has 20 heavy (non-hydrogen) atoms. The zero-order valence-corrected chi connectivity index (χ0v) is 12.0. The number of benzene rings is 2. The van der Waals surface area contributed by atoms with Crippen molar-refractivity contribution in [1.82, 2.24) is 0 Å². The molecule has 0 bridgehead atoms. The maximum absolute atomic E-state index is 12.2. The third-order valence-electron chi connectivity index (χ3n) is 3.53. The SMILES string of the molecule is CC(C)c1ccc(CC(=O)C(N)c2ccccc2)cc1. The largest absolute Gasteiger partial charge is 0.318 e. The van der Waals surface area contributed by atoms with Gasteiger partial charge in [-0.25, -0.2) is 0 Å². The van der Waals surface area contributed by atoms with E-state index in [0.717, 1.165) is 11.1 Å². The molecule has 2 nitrogen and oxygen atoms in total. The maximum atomic E-state index is 12.2. The van der Waals surface area contributed by atoms with Crippen molar-refractivity contribution in [2.45, 2.75) is 32.2 Å². The Kier molecular flexibility index (Phi) is 4.70. The van der Waals surface area contributed by atoms with Crippen LogP contribution in [0.5, 0.6) is 0 Å². The van der Waals surface area contributed by atoms with E-state index >= 15 is 0 Å². The minimum Gasteiger partial charge on any atom is -0.318 e. The van der Waals surface area contributed by atoms with Crippen LogP contribution in [0, 0.1) is 0 Å². The fourth-order valence-electron chi connectivity index (χ4n) is 2.18. The molecule has 2 N–H and O–H groups in total. The van der Waals surface area contributed by atoms with Crippen LogP contribution in [0.2, 0.25) is 0 Å². The standard InChI is InChI=1S/C18H21NO/c1-13(2)15-10-8-14(9-11-15)12-17(20)18(19)16-6-4-3-5-7-16/h3-11,13,18H,12,19H2,1-2H3. The lowest BCUT2D eigenvalue weighted by Gasteiger charge is -2.11. The van der Waals surface area contributed by atoms with Crippen molar-refractivity contribution in [3.8, 4) is 0 Å². The fourth-order valence-corrected chi connectivity index (χ4v) is 2.18. The van der Waals surface area contributed by atoms with Crippen LogP contribution in [-0.2, 0) is 11.2 Å². The predicted molar refractivity (Wildman–Crippen MR) is 82.6 cm³/mol. The Balaban J connectivity index is 2.04. The summed E-state index contributed by atoms with van der Waals surface area (Å²) in [6.45, 7) is 4.32. The van der Waals surface area contributed by atoms with E-state index in [1.165, 1.54) is 5.56 Å². The van der Waals surface area contributed by atoms with Gasteiger partial charge in [-0.2, -0.15) is 0 Å². The first-order valence-corrected chi connectivity index (χ1v) is 7.00. The Morgan fingerprint density at radius 3 is 2.10 bits per heavy atom. The summed E-state index contributed by atoms with van der Waals surface area (Å²) in [5, 5.41) is 0. The summed E-state index contributed by atoms with van der Waals surface area (Å²) in [7, 11) is 0. The Labute approximate surface area is 120 Å². The Morgan fingerprint density at radius 1 is 0.950 bits per heavy atom. The summed E-state index contributed by atoms with van der Waals surface area (Å²) in [4.78, 5) is 12.2. The molecule has 1 unspecified atom stereocenters. The molecule has 2 aromatic rings. The lowest BCUT2D eigenvalue weighted by molar-refractivity contribution is -0.119. The van der Waals surface area contributed by atoms with Gasteiger partial charge in [0.15, 0.2) is 5.78 Å². The summed E-state index contributed by atoms with van der Waals surface area (Å²) < 4.78 is 0. The molecule has 0 aliphatic carbocycles. The average molecular weight is 267 g/mol. The molecule has 0 aliphatic heterocycles. The molecule has 2 rings (SSSR count). The number of hydrogen-bond acceptors (Lipinski definition) is 2. The van der Waals surface area contributed by atoms with Gasteiger partial charge in [0.25, 0.3) is 0 Å². The van der Waals surface area contributed by atoms with Gasteiger partial charge in [-0.1, -0.05) is 68.4 Å². The topological polar surface area (TPSA) is 43.1 Å². The smallest absolute Gasteiger partial charge is 0.158 e. The highest BCUT2D eigenvalue weighted by Gasteiger charge is 2.15. The van der Waals surface area contributed by atoms with Crippen molar-refractivity contribution in [3.05, 3.63) is 71.3 Å². The highest BCUT2D eigenvalue weighted by molar-refractivity contribution is 5.87. The summed E-state index contributed by atoms with van der Waals surface area (Å²) >= 11 is 0. The minimum absolute atomic E-state index is 0.0495. The molecule has 0 radical (unpaired) electrons. The number of Topliss-reactive ketones (excluding diaryl/α,β-unsaturated/α-hetero) is 1.